The topological polar surface area (TPSA) is 73.7 Å². The van der Waals surface area contributed by atoms with Crippen molar-refractivity contribution >= 4 is 16.7 Å². The first kappa shape index (κ1) is 22.4. The van der Waals surface area contributed by atoms with Gasteiger partial charge in [-0.3, -0.25) is 4.90 Å². The van der Waals surface area contributed by atoms with Crippen molar-refractivity contribution in [1.82, 2.24) is 19.7 Å². The largest absolute Gasteiger partial charge is 0.492 e. The number of rotatable bonds is 9. The standard InChI is InChI=1S/C24H33N5O3/c1-17(2)25-23-7-8-29(27-23)24-16-22(32-18(3)4)20-6-5-19(15-21(20)26-24)31-14-11-28-9-12-30-13-10-28/h5-8,15-18H,9-14H2,1-4H3,(H,25,27). The molecular formula is C24H33N5O3. The number of pyridine rings is 1. The molecule has 0 spiro atoms. The van der Waals surface area contributed by atoms with E-state index in [1.807, 2.05) is 50.4 Å². The van der Waals surface area contributed by atoms with E-state index in [9.17, 15) is 0 Å². The van der Waals surface area contributed by atoms with Crippen molar-refractivity contribution in [2.75, 3.05) is 44.8 Å². The SMILES string of the molecule is CC(C)Nc1ccn(-c2cc(OC(C)C)c3ccc(OCCN4CCOCC4)cc3n2)n1. The Balaban J connectivity index is 1.57. The summed E-state index contributed by atoms with van der Waals surface area (Å²) in [5.74, 6) is 3.10. The average Bonchev–Trinajstić information content (AvgIpc) is 3.21. The van der Waals surface area contributed by atoms with Gasteiger partial charge in [-0.25, -0.2) is 9.67 Å². The van der Waals surface area contributed by atoms with Crippen LogP contribution in [0, 0.1) is 0 Å². The predicted octanol–water partition coefficient (Wildman–Crippen LogP) is 3.74. The Morgan fingerprint density at radius 2 is 1.91 bits per heavy atom. The molecule has 0 unspecified atom stereocenters. The molecule has 0 aliphatic carbocycles. The van der Waals surface area contributed by atoms with Crippen LogP contribution < -0.4 is 14.8 Å². The first-order chi connectivity index (χ1) is 15.5. The lowest BCUT2D eigenvalue weighted by molar-refractivity contribution is 0.0322. The van der Waals surface area contributed by atoms with Gasteiger partial charge in [0.15, 0.2) is 5.82 Å². The van der Waals surface area contributed by atoms with Crippen LogP contribution in [-0.4, -0.2) is 71.3 Å². The highest BCUT2D eigenvalue weighted by molar-refractivity contribution is 5.87. The molecule has 1 saturated heterocycles. The Hall–Kier alpha value is -2.84. The number of anilines is 1. The molecule has 0 bridgehead atoms. The van der Waals surface area contributed by atoms with E-state index in [1.54, 1.807) is 4.68 Å². The lowest BCUT2D eigenvalue weighted by Crippen LogP contribution is -2.38. The van der Waals surface area contributed by atoms with Gasteiger partial charge in [-0.05, 0) is 39.8 Å². The van der Waals surface area contributed by atoms with Gasteiger partial charge in [0.2, 0.25) is 0 Å². The summed E-state index contributed by atoms with van der Waals surface area (Å²) in [6.45, 7) is 13.2. The number of benzene rings is 1. The molecule has 1 fully saturated rings. The second kappa shape index (κ2) is 10.2. The molecule has 0 amide bonds. The lowest BCUT2D eigenvalue weighted by Gasteiger charge is -2.26. The third kappa shape index (κ3) is 5.69. The number of morpholine rings is 1. The molecule has 32 heavy (non-hydrogen) atoms. The van der Waals surface area contributed by atoms with Crippen LogP contribution in [0.15, 0.2) is 36.5 Å². The van der Waals surface area contributed by atoms with Gasteiger partial charge in [0, 0.05) is 55.5 Å². The third-order valence-corrected chi connectivity index (χ3v) is 5.13. The molecule has 8 nitrogen and oxygen atoms in total. The summed E-state index contributed by atoms with van der Waals surface area (Å²) >= 11 is 0. The summed E-state index contributed by atoms with van der Waals surface area (Å²) in [6.07, 6.45) is 1.95. The van der Waals surface area contributed by atoms with E-state index < -0.39 is 0 Å². The predicted molar refractivity (Wildman–Crippen MR) is 126 cm³/mol. The van der Waals surface area contributed by atoms with Crippen LogP contribution in [0.4, 0.5) is 5.82 Å². The van der Waals surface area contributed by atoms with E-state index in [0.29, 0.717) is 18.5 Å². The molecule has 2 aromatic heterocycles. The molecule has 172 valence electrons. The second-order valence-corrected chi connectivity index (χ2v) is 8.57. The van der Waals surface area contributed by atoms with Gasteiger partial charge in [0.25, 0.3) is 0 Å². The van der Waals surface area contributed by atoms with Gasteiger partial charge in [0.05, 0.1) is 24.8 Å². The Bertz CT molecular complexity index is 1030. The highest BCUT2D eigenvalue weighted by Gasteiger charge is 2.13. The summed E-state index contributed by atoms with van der Waals surface area (Å²) in [5, 5.41) is 8.88. The quantitative estimate of drug-likeness (QED) is 0.544. The van der Waals surface area contributed by atoms with Crippen molar-refractivity contribution in [3.8, 4) is 17.3 Å². The summed E-state index contributed by atoms with van der Waals surface area (Å²) in [6, 6.07) is 10.2. The first-order valence-electron chi connectivity index (χ1n) is 11.3. The summed E-state index contributed by atoms with van der Waals surface area (Å²) in [5.41, 5.74) is 0.816. The molecule has 1 aromatic carbocycles. The molecular weight excluding hydrogens is 406 g/mol. The number of aromatic nitrogens is 3. The smallest absolute Gasteiger partial charge is 0.157 e. The van der Waals surface area contributed by atoms with Gasteiger partial charge >= 0.3 is 0 Å². The van der Waals surface area contributed by atoms with Crippen molar-refractivity contribution in [2.24, 2.45) is 0 Å². The maximum atomic E-state index is 6.11. The molecule has 1 aliphatic heterocycles. The van der Waals surface area contributed by atoms with E-state index in [2.05, 4.69) is 29.2 Å². The van der Waals surface area contributed by atoms with Crippen LogP contribution in [0.5, 0.6) is 11.5 Å². The van der Waals surface area contributed by atoms with Crippen LogP contribution in [0.25, 0.3) is 16.7 Å². The molecule has 0 atom stereocenters. The van der Waals surface area contributed by atoms with Crippen LogP contribution in [0.2, 0.25) is 0 Å². The molecule has 0 radical (unpaired) electrons. The van der Waals surface area contributed by atoms with Crippen molar-refractivity contribution in [1.29, 1.82) is 0 Å². The zero-order chi connectivity index (χ0) is 22.5. The van der Waals surface area contributed by atoms with Crippen molar-refractivity contribution in [2.45, 2.75) is 39.8 Å². The average molecular weight is 440 g/mol. The second-order valence-electron chi connectivity index (χ2n) is 8.57. The van der Waals surface area contributed by atoms with Crippen molar-refractivity contribution in [3.63, 3.8) is 0 Å². The molecule has 3 heterocycles. The zero-order valence-corrected chi connectivity index (χ0v) is 19.4. The number of fused-ring (bicyclic) bond motifs is 1. The minimum Gasteiger partial charge on any atom is -0.492 e. The Morgan fingerprint density at radius 1 is 1.09 bits per heavy atom. The van der Waals surface area contributed by atoms with E-state index >= 15 is 0 Å². The molecule has 1 aliphatic rings. The summed E-state index contributed by atoms with van der Waals surface area (Å²) in [4.78, 5) is 7.21. The van der Waals surface area contributed by atoms with Crippen LogP contribution in [0.1, 0.15) is 27.7 Å². The minimum atomic E-state index is 0.0497. The van der Waals surface area contributed by atoms with Gasteiger partial charge in [-0.2, -0.15) is 0 Å². The number of hydrogen-bond acceptors (Lipinski definition) is 7. The number of nitrogens with one attached hydrogen (secondary N) is 1. The van der Waals surface area contributed by atoms with Gasteiger partial charge in [-0.1, -0.05) is 0 Å². The number of hydrogen-bond donors (Lipinski definition) is 1. The maximum Gasteiger partial charge on any atom is 0.157 e. The van der Waals surface area contributed by atoms with Gasteiger partial charge in [-0.15, -0.1) is 5.10 Å². The molecule has 1 N–H and O–H groups in total. The van der Waals surface area contributed by atoms with Crippen LogP contribution in [0.3, 0.4) is 0 Å². The van der Waals surface area contributed by atoms with Gasteiger partial charge < -0.3 is 19.5 Å². The van der Waals surface area contributed by atoms with E-state index in [4.69, 9.17) is 19.2 Å². The van der Waals surface area contributed by atoms with Crippen LogP contribution in [-0.2, 0) is 4.74 Å². The van der Waals surface area contributed by atoms with E-state index in [0.717, 1.165) is 61.1 Å². The summed E-state index contributed by atoms with van der Waals surface area (Å²) in [7, 11) is 0. The Morgan fingerprint density at radius 3 is 2.66 bits per heavy atom. The Kier molecular flexibility index (Phi) is 7.12. The third-order valence-electron chi connectivity index (χ3n) is 5.13. The Labute approximate surface area is 189 Å². The molecule has 3 aromatic rings. The number of nitrogens with zero attached hydrogens (tertiary/aromatic N) is 4. The fourth-order valence-electron chi connectivity index (χ4n) is 3.66. The minimum absolute atomic E-state index is 0.0497. The van der Waals surface area contributed by atoms with E-state index in [-0.39, 0.29) is 6.10 Å². The van der Waals surface area contributed by atoms with Gasteiger partial charge in [0.1, 0.15) is 23.9 Å². The maximum absolute atomic E-state index is 6.11. The lowest BCUT2D eigenvalue weighted by atomic mass is 10.2. The van der Waals surface area contributed by atoms with Crippen LogP contribution >= 0.6 is 0 Å². The summed E-state index contributed by atoms with van der Waals surface area (Å²) < 4.78 is 19.3. The molecule has 4 rings (SSSR count). The highest BCUT2D eigenvalue weighted by Crippen LogP contribution is 2.30. The van der Waals surface area contributed by atoms with E-state index in [1.165, 1.54) is 0 Å². The first-order valence-corrected chi connectivity index (χ1v) is 11.3. The molecule has 8 heteroatoms. The number of ether oxygens (including phenoxy) is 3. The fourth-order valence-corrected chi connectivity index (χ4v) is 3.66. The monoisotopic (exact) mass is 439 g/mol. The van der Waals surface area contributed by atoms with Crippen molar-refractivity contribution in [3.05, 3.63) is 36.5 Å². The van der Waals surface area contributed by atoms with Crippen molar-refractivity contribution < 1.29 is 14.2 Å². The fraction of sp³-hybridized carbons (Fsp3) is 0.500. The normalized spacial score (nSPS) is 14.9. The molecule has 0 saturated carbocycles. The zero-order valence-electron chi connectivity index (χ0n) is 19.4. The highest BCUT2D eigenvalue weighted by atomic mass is 16.5.